The van der Waals surface area contributed by atoms with Gasteiger partial charge in [-0.25, -0.2) is 4.39 Å². The SMILES string of the molecule is O=C(CCc1cccc(Oc2ccc(F)cc2)c1)NCc1ccccc1-c1ccsc1. The van der Waals surface area contributed by atoms with E-state index in [9.17, 15) is 9.18 Å². The fourth-order valence-electron chi connectivity index (χ4n) is 3.32. The van der Waals surface area contributed by atoms with E-state index in [1.165, 1.54) is 17.7 Å². The number of hydrogen-bond acceptors (Lipinski definition) is 3. The van der Waals surface area contributed by atoms with Crippen LogP contribution in [0.2, 0.25) is 0 Å². The lowest BCUT2D eigenvalue weighted by molar-refractivity contribution is -0.121. The zero-order valence-corrected chi connectivity index (χ0v) is 17.7. The monoisotopic (exact) mass is 431 g/mol. The van der Waals surface area contributed by atoms with E-state index in [0.717, 1.165) is 16.7 Å². The van der Waals surface area contributed by atoms with Gasteiger partial charge in [0.25, 0.3) is 0 Å². The van der Waals surface area contributed by atoms with Crippen LogP contribution in [0, 0.1) is 5.82 Å². The number of hydrogen-bond donors (Lipinski definition) is 1. The fourth-order valence-corrected chi connectivity index (χ4v) is 3.97. The molecule has 1 aromatic heterocycles. The molecule has 0 aliphatic heterocycles. The van der Waals surface area contributed by atoms with Crippen LogP contribution in [0.3, 0.4) is 0 Å². The smallest absolute Gasteiger partial charge is 0.220 e. The Morgan fingerprint density at radius 3 is 2.58 bits per heavy atom. The maximum Gasteiger partial charge on any atom is 0.220 e. The third kappa shape index (κ3) is 5.80. The topological polar surface area (TPSA) is 38.3 Å². The molecule has 1 amide bonds. The number of carbonyl (C=O) groups is 1. The highest BCUT2D eigenvalue weighted by molar-refractivity contribution is 7.08. The van der Waals surface area contributed by atoms with E-state index in [1.807, 2.05) is 42.5 Å². The van der Waals surface area contributed by atoms with Crippen molar-refractivity contribution in [1.82, 2.24) is 5.32 Å². The number of aryl methyl sites for hydroxylation is 1. The third-order valence-electron chi connectivity index (χ3n) is 4.91. The molecule has 0 fully saturated rings. The summed E-state index contributed by atoms with van der Waals surface area (Å²) < 4.78 is 18.8. The largest absolute Gasteiger partial charge is 0.457 e. The van der Waals surface area contributed by atoms with Crippen molar-refractivity contribution in [2.45, 2.75) is 19.4 Å². The molecule has 4 aromatic rings. The minimum atomic E-state index is -0.301. The molecule has 0 bridgehead atoms. The molecule has 3 aromatic carbocycles. The van der Waals surface area contributed by atoms with Crippen molar-refractivity contribution in [2.75, 3.05) is 0 Å². The Morgan fingerprint density at radius 2 is 1.77 bits per heavy atom. The van der Waals surface area contributed by atoms with Crippen LogP contribution < -0.4 is 10.1 Å². The van der Waals surface area contributed by atoms with Crippen LogP contribution in [0.1, 0.15) is 17.5 Å². The Hall–Kier alpha value is -3.44. The predicted octanol–water partition coefficient (Wildman–Crippen LogP) is 6.60. The Kier molecular flexibility index (Phi) is 6.75. The Morgan fingerprint density at radius 1 is 0.935 bits per heavy atom. The second kappa shape index (κ2) is 10.0. The number of nitrogens with one attached hydrogen (secondary N) is 1. The van der Waals surface area contributed by atoms with Gasteiger partial charge >= 0.3 is 0 Å². The van der Waals surface area contributed by atoms with E-state index in [1.54, 1.807) is 23.5 Å². The minimum absolute atomic E-state index is 0.00461. The van der Waals surface area contributed by atoms with Crippen molar-refractivity contribution < 1.29 is 13.9 Å². The van der Waals surface area contributed by atoms with Gasteiger partial charge < -0.3 is 10.1 Å². The summed E-state index contributed by atoms with van der Waals surface area (Å²) in [6.45, 7) is 0.499. The second-order valence-corrected chi connectivity index (χ2v) is 7.93. The van der Waals surface area contributed by atoms with Crippen molar-refractivity contribution in [1.29, 1.82) is 0 Å². The summed E-state index contributed by atoms with van der Waals surface area (Å²) >= 11 is 1.66. The summed E-state index contributed by atoms with van der Waals surface area (Å²) in [6, 6.07) is 23.7. The van der Waals surface area contributed by atoms with Crippen molar-refractivity contribution in [3.05, 3.63) is 107 Å². The molecule has 31 heavy (non-hydrogen) atoms. The van der Waals surface area contributed by atoms with Crippen molar-refractivity contribution in [3.63, 3.8) is 0 Å². The quantitative estimate of drug-likeness (QED) is 0.341. The number of benzene rings is 3. The minimum Gasteiger partial charge on any atom is -0.457 e. The molecule has 4 rings (SSSR count). The average Bonchev–Trinajstić information content (AvgIpc) is 3.33. The molecule has 5 heteroatoms. The van der Waals surface area contributed by atoms with E-state index < -0.39 is 0 Å². The van der Waals surface area contributed by atoms with Gasteiger partial charge in [-0.05, 0) is 81.9 Å². The first-order valence-corrected chi connectivity index (χ1v) is 11.0. The van der Waals surface area contributed by atoms with Gasteiger partial charge in [-0.15, -0.1) is 0 Å². The number of carbonyl (C=O) groups excluding carboxylic acids is 1. The van der Waals surface area contributed by atoms with Gasteiger partial charge in [-0.1, -0.05) is 36.4 Å². The van der Waals surface area contributed by atoms with Crippen LogP contribution in [-0.2, 0) is 17.8 Å². The van der Waals surface area contributed by atoms with Crippen molar-refractivity contribution in [3.8, 4) is 22.6 Å². The van der Waals surface area contributed by atoms with Crippen LogP contribution in [0.4, 0.5) is 4.39 Å². The number of halogens is 1. The molecule has 0 aliphatic rings. The molecule has 0 saturated heterocycles. The maximum atomic E-state index is 13.0. The van der Waals surface area contributed by atoms with Gasteiger partial charge in [0.1, 0.15) is 17.3 Å². The molecule has 0 aliphatic carbocycles. The molecule has 0 atom stereocenters. The molecule has 0 saturated carbocycles. The van der Waals surface area contributed by atoms with Gasteiger partial charge in [0, 0.05) is 13.0 Å². The van der Waals surface area contributed by atoms with E-state index >= 15 is 0 Å². The number of amides is 1. The van der Waals surface area contributed by atoms with Gasteiger partial charge in [-0.3, -0.25) is 4.79 Å². The van der Waals surface area contributed by atoms with E-state index in [0.29, 0.717) is 30.9 Å². The third-order valence-corrected chi connectivity index (χ3v) is 5.60. The Labute approximate surface area is 185 Å². The lowest BCUT2D eigenvalue weighted by Gasteiger charge is -2.10. The van der Waals surface area contributed by atoms with Crippen molar-refractivity contribution >= 4 is 17.2 Å². The van der Waals surface area contributed by atoms with E-state index in [-0.39, 0.29) is 11.7 Å². The van der Waals surface area contributed by atoms with Crippen LogP contribution in [0.25, 0.3) is 11.1 Å². The molecule has 0 radical (unpaired) electrons. The number of thiophene rings is 1. The van der Waals surface area contributed by atoms with E-state index in [2.05, 4.69) is 28.2 Å². The first-order chi connectivity index (χ1) is 15.2. The van der Waals surface area contributed by atoms with Crippen LogP contribution >= 0.6 is 11.3 Å². The normalized spacial score (nSPS) is 10.6. The summed E-state index contributed by atoms with van der Waals surface area (Å²) in [5.74, 6) is 0.935. The standard InChI is InChI=1S/C26H22FNO2S/c27-22-9-11-23(12-10-22)30-24-6-3-4-19(16-24)8-13-26(29)28-17-20-5-1-2-7-25(20)21-14-15-31-18-21/h1-7,9-12,14-16,18H,8,13,17H2,(H,28,29). The Balaban J connectivity index is 1.31. The molecular formula is C26H22FNO2S. The van der Waals surface area contributed by atoms with Crippen LogP contribution in [0.15, 0.2) is 89.6 Å². The lowest BCUT2D eigenvalue weighted by atomic mass is 10.0. The molecule has 156 valence electrons. The van der Waals surface area contributed by atoms with Crippen LogP contribution in [0.5, 0.6) is 11.5 Å². The van der Waals surface area contributed by atoms with Crippen molar-refractivity contribution in [2.24, 2.45) is 0 Å². The number of ether oxygens (including phenoxy) is 1. The molecular weight excluding hydrogens is 409 g/mol. The summed E-state index contributed by atoms with van der Waals surface area (Å²) in [4.78, 5) is 12.4. The van der Waals surface area contributed by atoms with Gasteiger partial charge in [0.2, 0.25) is 5.91 Å². The summed E-state index contributed by atoms with van der Waals surface area (Å²) in [6.07, 6.45) is 0.999. The first kappa shape index (κ1) is 20.8. The molecule has 1 N–H and O–H groups in total. The lowest BCUT2D eigenvalue weighted by Crippen LogP contribution is -2.23. The highest BCUT2D eigenvalue weighted by Gasteiger charge is 2.08. The summed E-state index contributed by atoms with van der Waals surface area (Å²) in [5.41, 5.74) is 4.43. The zero-order valence-electron chi connectivity index (χ0n) is 16.9. The molecule has 3 nitrogen and oxygen atoms in total. The van der Waals surface area contributed by atoms with Gasteiger partial charge in [0.05, 0.1) is 0 Å². The molecule has 0 unspecified atom stereocenters. The fraction of sp³-hybridized carbons (Fsp3) is 0.115. The van der Waals surface area contributed by atoms with Gasteiger partial charge in [-0.2, -0.15) is 11.3 Å². The molecule has 0 spiro atoms. The van der Waals surface area contributed by atoms with Gasteiger partial charge in [0.15, 0.2) is 0 Å². The van der Waals surface area contributed by atoms with E-state index in [4.69, 9.17) is 4.74 Å². The zero-order chi connectivity index (χ0) is 21.5. The highest BCUT2D eigenvalue weighted by Crippen LogP contribution is 2.26. The second-order valence-electron chi connectivity index (χ2n) is 7.15. The Bertz CT molecular complexity index is 1140. The molecule has 1 heterocycles. The predicted molar refractivity (Wildman–Crippen MR) is 123 cm³/mol. The summed E-state index contributed by atoms with van der Waals surface area (Å²) in [5, 5.41) is 7.20. The number of rotatable bonds is 8. The average molecular weight is 432 g/mol. The van der Waals surface area contributed by atoms with Crippen LogP contribution in [-0.4, -0.2) is 5.91 Å². The highest BCUT2D eigenvalue weighted by atomic mass is 32.1. The maximum absolute atomic E-state index is 13.0. The first-order valence-electron chi connectivity index (χ1n) is 10.1. The summed E-state index contributed by atoms with van der Waals surface area (Å²) in [7, 11) is 0.